The number of aliphatic hydroxyl groups is 1. The zero-order valence-electron chi connectivity index (χ0n) is 8.40. The minimum Gasteiger partial charge on any atom is -0.465 e. The van der Waals surface area contributed by atoms with Gasteiger partial charge in [-0.3, -0.25) is 0 Å². The molecular formula is C10H17NO2S. The number of hydrogen-bond acceptors (Lipinski definition) is 4. The summed E-state index contributed by atoms with van der Waals surface area (Å²) in [6, 6.07) is 3.98. The lowest BCUT2D eigenvalue weighted by Crippen LogP contribution is -2.21. The number of aryl methyl sites for hydroxylation is 1. The lowest BCUT2D eigenvalue weighted by atomic mass is 10.4. The maximum atomic E-state index is 9.21. The smallest absolute Gasteiger partial charge is 0.114 e. The molecule has 1 atom stereocenters. The largest absolute Gasteiger partial charge is 0.465 e. The van der Waals surface area contributed by atoms with Crippen molar-refractivity contribution in [2.45, 2.75) is 25.2 Å². The highest BCUT2D eigenvalue weighted by Crippen LogP contribution is 2.16. The summed E-state index contributed by atoms with van der Waals surface area (Å²) < 4.78 is 5.51. The van der Waals surface area contributed by atoms with Crippen LogP contribution < -0.4 is 5.73 Å². The normalized spacial score (nSPS) is 13.1. The quantitative estimate of drug-likeness (QED) is 0.753. The van der Waals surface area contributed by atoms with Crippen molar-refractivity contribution in [1.29, 1.82) is 0 Å². The van der Waals surface area contributed by atoms with Gasteiger partial charge in [-0.2, -0.15) is 11.8 Å². The summed E-state index contributed by atoms with van der Waals surface area (Å²) in [7, 11) is 0. The molecule has 0 bridgehead atoms. The SMILES string of the molecule is CCc1ccc(CSC[C@H](O)CN)o1. The van der Waals surface area contributed by atoms with Crippen molar-refractivity contribution >= 4 is 11.8 Å². The molecular weight excluding hydrogens is 198 g/mol. The van der Waals surface area contributed by atoms with Gasteiger partial charge in [-0.1, -0.05) is 6.92 Å². The molecule has 0 radical (unpaired) electrons. The van der Waals surface area contributed by atoms with Crippen LogP contribution in [0.25, 0.3) is 0 Å². The van der Waals surface area contributed by atoms with E-state index in [1.165, 1.54) is 0 Å². The van der Waals surface area contributed by atoms with E-state index in [2.05, 4.69) is 6.92 Å². The van der Waals surface area contributed by atoms with Crippen molar-refractivity contribution in [2.75, 3.05) is 12.3 Å². The summed E-state index contributed by atoms with van der Waals surface area (Å²) in [4.78, 5) is 0. The first-order chi connectivity index (χ1) is 6.76. The van der Waals surface area contributed by atoms with Gasteiger partial charge in [0.05, 0.1) is 11.9 Å². The Morgan fingerprint density at radius 2 is 2.21 bits per heavy atom. The Morgan fingerprint density at radius 3 is 2.79 bits per heavy atom. The first kappa shape index (κ1) is 11.6. The number of furan rings is 1. The van der Waals surface area contributed by atoms with Crippen LogP contribution in [-0.2, 0) is 12.2 Å². The first-order valence-electron chi connectivity index (χ1n) is 4.79. The van der Waals surface area contributed by atoms with Crippen molar-refractivity contribution in [3.63, 3.8) is 0 Å². The van der Waals surface area contributed by atoms with Crippen LogP contribution in [0.4, 0.5) is 0 Å². The molecule has 1 aromatic heterocycles. The summed E-state index contributed by atoms with van der Waals surface area (Å²) in [5, 5.41) is 9.21. The van der Waals surface area contributed by atoms with Crippen LogP contribution >= 0.6 is 11.8 Å². The van der Waals surface area contributed by atoms with Crippen molar-refractivity contribution in [2.24, 2.45) is 5.73 Å². The fourth-order valence-electron chi connectivity index (χ4n) is 1.05. The number of rotatable bonds is 6. The number of nitrogens with two attached hydrogens (primary N) is 1. The molecule has 0 saturated heterocycles. The highest BCUT2D eigenvalue weighted by atomic mass is 32.2. The molecule has 1 rings (SSSR count). The van der Waals surface area contributed by atoms with Gasteiger partial charge in [0.25, 0.3) is 0 Å². The molecule has 0 saturated carbocycles. The Morgan fingerprint density at radius 1 is 1.50 bits per heavy atom. The van der Waals surface area contributed by atoms with E-state index in [0.29, 0.717) is 12.3 Å². The van der Waals surface area contributed by atoms with E-state index in [9.17, 15) is 5.11 Å². The number of thioether (sulfide) groups is 1. The van der Waals surface area contributed by atoms with Crippen LogP contribution in [0.3, 0.4) is 0 Å². The Kier molecular flexibility index (Phi) is 5.07. The number of hydrogen-bond donors (Lipinski definition) is 2. The summed E-state index contributed by atoms with van der Waals surface area (Å²) in [6.45, 7) is 2.39. The van der Waals surface area contributed by atoms with Gasteiger partial charge in [0.2, 0.25) is 0 Å². The fraction of sp³-hybridized carbons (Fsp3) is 0.600. The third-order valence-electron chi connectivity index (χ3n) is 1.89. The molecule has 1 aromatic rings. The van der Waals surface area contributed by atoms with Crippen LogP contribution in [0, 0.1) is 0 Å². The Labute approximate surface area is 88.7 Å². The molecule has 3 N–H and O–H groups in total. The van der Waals surface area contributed by atoms with Crippen molar-refractivity contribution < 1.29 is 9.52 Å². The van der Waals surface area contributed by atoms with E-state index in [-0.39, 0.29) is 0 Å². The van der Waals surface area contributed by atoms with Gasteiger partial charge >= 0.3 is 0 Å². The summed E-state index contributed by atoms with van der Waals surface area (Å²) >= 11 is 1.64. The maximum absolute atomic E-state index is 9.21. The monoisotopic (exact) mass is 215 g/mol. The Hall–Kier alpha value is -0.450. The topological polar surface area (TPSA) is 59.4 Å². The van der Waals surface area contributed by atoms with Gasteiger partial charge in [0, 0.05) is 18.7 Å². The molecule has 0 aliphatic heterocycles. The van der Waals surface area contributed by atoms with E-state index in [4.69, 9.17) is 10.2 Å². The molecule has 0 aliphatic carbocycles. The van der Waals surface area contributed by atoms with Crippen LogP contribution in [0.5, 0.6) is 0 Å². The van der Waals surface area contributed by atoms with E-state index >= 15 is 0 Å². The lowest BCUT2D eigenvalue weighted by Gasteiger charge is -2.05. The van der Waals surface area contributed by atoms with Gasteiger partial charge in [-0.25, -0.2) is 0 Å². The Bertz CT molecular complexity index is 262. The zero-order valence-corrected chi connectivity index (χ0v) is 9.22. The number of aliphatic hydroxyl groups excluding tert-OH is 1. The summed E-state index contributed by atoms with van der Waals surface area (Å²) in [6.07, 6.45) is 0.524. The third-order valence-corrected chi connectivity index (χ3v) is 3.00. The molecule has 0 aliphatic rings. The fourth-order valence-corrected chi connectivity index (χ4v) is 1.94. The minimum atomic E-state index is -0.402. The predicted octanol–water partition coefficient (Wildman–Crippen LogP) is 1.39. The highest BCUT2D eigenvalue weighted by molar-refractivity contribution is 7.98. The average molecular weight is 215 g/mol. The molecule has 0 aromatic carbocycles. The van der Waals surface area contributed by atoms with Gasteiger partial charge in [0.1, 0.15) is 11.5 Å². The minimum absolute atomic E-state index is 0.325. The van der Waals surface area contributed by atoms with Gasteiger partial charge < -0.3 is 15.3 Å². The average Bonchev–Trinajstić information content (AvgIpc) is 2.65. The summed E-state index contributed by atoms with van der Waals surface area (Å²) in [5.41, 5.74) is 5.29. The second-order valence-electron chi connectivity index (χ2n) is 3.13. The Balaban J connectivity index is 2.24. The van der Waals surface area contributed by atoms with Gasteiger partial charge in [-0.15, -0.1) is 0 Å². The second kappa shape index (κ2) is 6.11. The van der Waals surface area contributed by atoms with Crippen LogP contribution in [0.2, 0.25) is 0 Å². The third kappa shape index (κ3) is 3.74. The van der Waals surface area contributed by atoms with Crippen LogP contribution in [-0.4, -0.2) is 23.5 Å². The van der Waals surface area contributed by atoms with Crippen molar-refractivity contribution in [3.05, 3.63) is 23.7 Å². The molecule has 14 heavy (non-hydrogen) atoms. The lowest BCUT2D eigenvalue weighted by molar-refractivity contribution is 0.208. The van der Waals surface area contributed by atoms with Gasteiger partial charge in [0.15, 0.2) is 0 Å². The molecule has 80 valence electrons. The highest BCUT2D eigenvalue weighted by Gasteiger charge is 2.03. The molecule has 3 nitrogen and oxygen atoms in total. The van der Waals surface area contributed by atoms with Crippen LogP contribution in [0.1, 0.15) is 18.4 Å². The molecule has 1 heterocycles. The summed E-state index contributed by atoms with van der Waals surface area (Å²) in [5.74, 6) is 3.45. The van der Waals surface area contributed by atoms with Crippen molar-refractivity contribution in [3.8, 4) is 0 Å². The zero-order chi connectivity index (χ0) is 10.4. The van der Waals surface area contributed by atoms with Crippen LogP contribution in [0.15, 0.2) is 16.5 Å². The molecule has 0 amide bonds. The van der Waals surface area contributed by atoms with E-state index in [1.54, 1.807) is 11.8 Å². The van der Waals surface area contributed by atoms with E-state index < -0.39 is 6.10 Å². The second-order valence-corrected chi connectivity index (χ2v) is 4.16. The predicted molar refractivity (Wildman–Crippen MR) is 59.3 cm³/mol. The maximum Gasteiger partial charge on any atom is 0.114 e. The van der Waals surface area contributed by atoms with Crippen molar-refractivity contribution in [1.82, 2.24) is 0 Å². The molecule has 0 fully saturated rings. The molecule has 4 heteroatoms. The van der Waals surface area contributed by atoms with E-state index in [0.717, 1.165) is 23.7 Å². The molecule has 0 unspecified atom stereocenters. The van der Waals surface area contributed by atoms with E-state index in [1.807, 2.05) is 12.1 Å². The molecule has 0 spiro atoms. The first-order valence-corrected chi connectivity index (χ1v) is 5.95. The van der Waals surface area contributed by atoms with Gasteiger partial charge in [-0.05, 0) is 12.1 Å². The standard InChI is InChI=1S/C10H17NO2S/c1-2-9-3-4-10(13-9)7-14-6-8(12)5-11/h3-4,8,12H,2,5-7,11H2,1H3/t8-/m1/s1.